The van der Waals surface area contributed by atoms with Crippen molar-refractivity contribution in [3.05, 3.63) is 60.3 Å². The zero-order chi connectivity index (χ0) is 13.2. The molecule has 0 spiro atoms. The van der Waals surface area contributed by atoms with Crippen LogP contribution in [0.1, 0.15) is 5.69 Å². The van der Waals surface area contributed by atoms with Crippen molar-refractivity contribution in [2.45, 2.75) is 6.92 Å². The predicted octanol–water partition coefficient (Wildman–Crippen LogP) is 4.22. The molecule has 0 fully saturated rings. The van der Waals surface area contributed by atoms with Gasteiger partial charge < -0.3 is 4.74 Å². The molecule has 2 heteroatoms. The largest absolute Gasteiger partial charge is 0.497 e. The van der Waals surface area contributed by atoms with Crippen molar-refractivity contribution in [1.29, 1.82) is 0 Å². The second-order valence-corrected chi connectivity index (χ2v) is 4.56. The summed E-state index contributed by atoms with van der Waals surface area (Å²) in [5.74, 6) is 0.862. The van der Waals surface area contributed by atoms with Gasteiger partial charge in [-0.3, -0.25) is 4.98 Å². The van der Waals surface area contributed by atoms with Crippen molar-refractivity contribution in [1.82, 2.24) is 4.98 Å². The van der Waals surface area contributed by atoms with Gasteiger partial charge in [0.2, 0.25) is 0 Å². The van der Waals surface area contributed by atoms with Gasteiger partial charge >= 0.3 is 0 Å². The molecule has 1 heterocycles. The molecule has 0 aliphatic heterocycles. The number of hydrogen-bond donors (Lipinski definition) is 0. The van der Waals surface area contributed by atoms with Crippen LogP contribution in [0.2, 0.25) is 0 Å². The molecule has 0 atom stereocenters. The average molecular weight is 249 g/mol. The van der Waals surface area contributed by atoms with Crippen LogP contribution >= 0.6 is 0 Å². The molecule has 0 bridgehead atoms. The first-order valence-electron chi connectivity index (χ1n) is 6.29. The maximum absolute atomic E-state index is 5.20. The van der Waals surface area contributed by atoms with Gasteiger partial charge in [0.25, 0.3) is 0 Å². The molecular weight excluding hydrogens is 234 g/mol. The van der Waals surface area contributed by atoms with E-state index >= 15 is 0 Å². The number of benzene rings is 2. The molecule has 3 rings (SSSR count). The Hall–Kier alpha value is -2.35. The molecule has 2 aromatic carbocycles. The Labute approximate surface area is 112 Å². The highest BCUT2D eigenvalue weighted by Gasteiger charge is 2.06. The number of aryl methyl sites for hydroxylation is 1. The van der Waals surface area contributed by atoms with Crippen molar-refractivity contribution in [2.24, 2.45) is 0 Å². The first-order chi connectivity index (χ1) is 9.28. The Morgan fingerprint density at radius 2 is 1.68 bits per heavy atom. The third-order valence-electron chi connectivity index (χ3n) is 3.23. The standard InChI is InChI=1S/C17H15NO/c1-12-11-14-5-3-4-6-16(14)17(18-12)13-7-9-15(19-2)10-8-13/h3-11H,1-2H3. The smallest absolute Gasteiger partial charge is 0.118 e. The van der Waals surface area contributed by atoms with Crippen LogP contribution in [0.3, 0.4) is 0 Å². The molecule has 0 saturated heterocycles. The van der Waals surface area contributed by atoms with Gasteiger partial charge in [0.05, 0.1) is 12.8 Å². The van der Waals surface area contributed by atoms with Gasteiger partial charge in [-0.15, -0.1) is 0 Å². The molecule has 0 aliphatic rings. The van der Waals surface area contributed by atoms with E-state index in [1.165, 1.54) is 10.8 Å². The minimum atomic E-state index is 0.862. The van der Waals surface area contributed by atoms with Gasteiger partial charge in [-0.25, -0.2) is 0 Å². The summed E-state index contributed by atoms with van der Waals surface area (Å²) in [4.78, 5) is 4.69. The van der Waals surface area contributed by atoms with E-state index in [9.17, 15) is 0 Å². The highest BCUT2D eigenvalue weighted by molar-refractivity contribution is 5.94. The lowest BCUT2D eigenvalue weighted by molar-refractivity contribution is 0.415. The maximum Gasteiger partial charge on any atom is 0.118 e. The number of pyridine rings is 1. The monoisotopic (exact) mass is 249 g/mol. The third kappa shape index (κ3) is 2.17. The molecular formula is C17H15NO. The van der Waals surface area contributed by atoms with Gasteiger partial charge in [0.15, 0.2) is 0 Å². The molecule has 0 N–H and O–H groups in total. The number of nitrogens with zero attached hydrogens (tertiary/aromatic N) is 1. The Balaban J connectivity index is 2.22. The van der Waals surface area contributed by atoms with Crippen LogP contribution in [-0.4, -0.2) is 12.1 Å². The van der Waals surface area contributed by atoms with Crippen LogP contribution < -0.4 is 4.74 Å². The minimum absolute atomic E-state index is 0.862. The van der Waals surface area contributed by atoms with Crippen molar-refractivity contribution in [3.63, 3.8) is 0 Å². The summed E-state index contributed by atoms with van der Waals surface area (Å²) >= 11 is 0. The zero-order valence-corrected chi connectivity index (χ0v) is 11.1. The number of fused-ring (bicyclic) bond motifs is 1. The number of ether oxygens (including phenoxy) is 1. The highest BCUT2D eigenvalue weighted by Crippen LogP contribution is 2.28. The average Bonchev–Trinajstić information content (AvgIpc) is 2.46. The molecule has 19 heavy (non-hydrogen) atoms. The molecule has 0 amide bonds. The number of rotatable bonds is 2. The van der Waals surface area contributed by atoms with E-state index in [-0.39, 0.29) is 0 Å². The number of hydrogen-bond acceptors (Lipinski definition) is 2. The lowest BCUT2D eigenvalue weighted by Crippen LogP contribution is -1.90. The second-order valence-electron chi connectivity index (χ2n) is 4.56. The fourth-order valence-corrected chi connectivity index (χ4v) is 2.30. The fourth-order valence-electron chi connectivity index (χ4n) is 2.30. The van der Waals surface area contributed by atoms with Crippen LogP contribution in [0.4, 0.5) is 0 Å². The van der Waals surface area contributed by atoms with Crippen molar-refractivity contribution < 1.29 is 4.74 Å². The van der Waals surface area contributed by atoms with E-state index in [0.29, 0.717) is 0 Å². The first kappa shape index (κ1) is 11.7. The Bertz CT molecular complexity index is 717. The summed E-state index contributed by atoms with van der Waals surface area (Å²) in [6, 6.07) is 18.5. The summed E-state index contributed by atoms with van der Waals surface area (Å²) in [6.45, 7) is 2.03. The Morgan fingerprint density at radius 3 is 2.42 bits per heavy atom. The summed E-state index contributed by atoms with van der Waals surface area (Å²) < 4.78 is 5.20. The lowest BCUT2D eigenvalue weighted by atomic mass is 10.0. The predicted molar refractivity (Wildman–Crippen MR) is 78.5 cm³/mol. The van der Waals surface area contributed by atoms with Crippen LogP contribution in [0.15, 0.2) is 54.6 Å². The third-order valence-corrected chi connectivity index (χ3v) is 3.23. The van der Waals surface area contributed by atoms with Crippen LogP contribution in [0.5, 0.6) is 5.75 Å². The van der Waals surface area contributed by atoms with E-state index in [1.807, 2.05) is 37.3 Å². The number of methoxy groups -OCH3 is 1. The second kappa shape index (κ2) is 4.73. The van der Waals surface area contributed by atoms with E-state index in [2.05, 4.69) is 29.2 Å². The van der Waals surface area contributed by atoms with Crippen molar-refractivity contribution in [2.75, 3.05) is 7.11 Å². The fraction of sp³-hybridized carbons (Fsp3) is 0.118. The Kier molecular flexibility index (Phi) is 2.92. The highest BCUT2D eigenvalue weighted by atomic mass is 16.5. The summed E-state index contributed by atoms with van der Waals surface area (Å²) in [6.07, 6.45) is 0. The molecule has 3 aromatic rings. The molecule has 94 valence electrons. The van der Waals surface area contributed by atoms with Gasteiger partial charge in [0, 0.05) is 16.6 Å². The minimum Gasteiger partial charge on any atom is -0.497 e. The van der Waals surface area contributed by atoms with Crippen LogP contribution in [0.25, 0.3) is 22.0 Å². The normalized spacial score (nSPS) is 10.6. The Morgan fingerprint density at radius 1 is 0.947 bits per heavy atom. The van der Waals surface area contributed by atoms with Gasteiger partial charge in [-0.1, -0.05) is 24.3 Å². The van der Waals surface area contributed by atoms with E-state index in [1.54, 1.807) is 7.11 Å². The molecule has 0 unspecified atom stereocenters. The maximum atomic E-state index is 5.20. The molecule has 1 aromatic heterocycles. The molecule has 2 nitrogen and oxygen atoms in total. The summed E-state index contributed by atoms with van der Waals surface area (Å²) in [7, 11) is 1.68. The molecule has 0 radical (unpaired) electrons. The first-order valence-corrected chi connectivity index (χ1v) is 6.29. The molecule has 0 saturated carbocycles. The van der Waals surface area contributed by atoms with Crippen LogP contribution in [-0.2, 0) is 0 Å². The van der Waals surface area contributed by atoms with Gasteiger partial charge in [0.1, 0.15) is 5.75 Å². The summed E-state index contributed by atoms with van der Waals surface area (Å²) in [5, 5.41) is 2.40. The van der Waals surface area contributed by atoms with Crippen molar-refractivity contribution >= 4 is 10.8 Å². The lowest BCUT2D eigenvalue weighted by Gasteiger charge is -2.08. The van der Waals surface area contributed by atoms with Crippen molar-refractivity contribution in [3.8, 4) is 17.0 Å². The molecule has 0 aliphatic carbocycles. The van der Waals surface area contributed by atoms with E-state index in [0.717, 1.165) is 22.7 Å². The SMILES string of the molecule is COc1ccc(-c2nc(C)cc3ccccc23)cc1. The van der Waals surface area contributed by atoms with E-state index < -0.39 is 0 Å². The van der Waals surface area contributed by atoms with Gasteiger partial charge in [-0.2, -0.15) is 0 Å². The topological polar surface area (TPSA) is 22.1 Å². The summed E-state index contributed by atoms with van der Waals surface area (Å²) in [5.41, 5.74) is 3.17. The quantitative estimate of drug-likeness (QED) is 0.678. The van der Waals surface area contributed by atoms with Gasteiger partial charge in [-0.05, 0) is 42.6 Å². The zero-order valence-electron chi connectivity index (χ0n) is 11.1. The number of aromatic nitrogens is 1. The van der Waals surface area contributed by atoms with E-state index in [4.69, 9.17) is 4.74 Å². The van der Waals surface area contributed by atoms with Crippen LogP contribution in [0, 0.1) is 6.92 Å².